The lowest BCUT2D eigenvalue weighted by Crippen LogP contribution is -2.37. The summed E-state index contributed by atoms with van der Waals surface area (Å²) in [5.41, 5.74) is 9.06. The largest absolute Gasteiger partial charge is 0.388 e. The predicted octanol–water partition coefficient (Wildman–Crippen LogP) is 7.76. The number of nitrogens with two attached hydrogens (primary N) is 1. The highest BCUT2D eigenvalue weighted by Crippen LogP contribution is 2.34. The van der Waals surface area contributed by atoms with Crippen LogP contribution in [0.5, 0.6) is 0 Å². The number of piperidine rings is 1. The second-order valence-electron chi connectivity index (χ2n) is 12.0. The van der Waals surface area contributed by atoms with Crippen LogP contribution in [0.15, 0.2) is 52.4 Å². The quantitative estimate of drug-likeness (QED) is 0.124. The molecule has 0 amide bonds. The van der Waals surface area contributed by atoms with Gasteiger partial charge in [-0.15, -0.1) is 0 Å². The van der Waals surface area contributed by atoms with Crippen LogP contribution in [0.2, 0.25) is 10.0 Å². The number of aliphatic imine (C=N–C) groups is 1. The summed E-state index contributed by atoms with van der Waals surface area (Å²) in [6.45, 7) is 6.87. The Balaban J connectivity index is 1.39. The van der Waals surface area contributed by atoms with Crippen molar-refractivity contribution in [2.45, 2.75) is 77.8 Å². The van der Waals surface area contributed by atoms with Crippen LogP contribution < -0.4 is 16.7 Å². The van der Waals surface area contributed by atoms with Crippen molar-refractivity contribution in [2.24, 2.45) is 16.6 Å². The van der Waals surface area contributed by atoms with E-state index in [1.807, 2.05) is 18.2 Å². The van der Waals surface area contributed by atoms with Crippen molar-refractivity contribution < 1.29 is 4.39 Å². The summed E-state index contributed by atoms with van der Waals surface area (Å²) >= 11 is 13.1. The van der Waals surface area contributed by atoms with E-state index in [-0.39, 0.29) is 11.1 Å². The number of halogens is 3. The molecule has 0 unspecified atom stereocenters. The molecule has 228 valence electrons. The molecule has 1 aliphatic rings. The molecule has 2 aromatic heterocycles. The summed E-state index contributed by atoms with van der Waals surface area (Å²) < 4.78 is 16.6. The minimum absolute atomic E-state index is 0.0795. The van der Waals surface area contributed by atoms with E-state index < -0.39 is 11.5 Å². The molecule has 0 saturated carbocycles. The molecule has 0 bridgehead atoms. The number of aromatic amines is 1. The van der Waals surface area contributed by atoms with Crippen molar-refractivity contribution in [2.75, 3.05) is 6.54 Å². The number of rotatable bonds is 10. The molecular weight excluding hydrogens is 586 g/mol. The van der Waals surface area contributed by atoms with Gasteiger partial charge >= 0.3 is 5.69 Å². The van der Waals surface area contributed by atoms with Crippen LogP contribution in [-0.4, -0.2) is 33.0 Å². The maximum Gasteiger partial charge on any atom is 0.354 e. The average Bonchev–Trinajstić information content (AvgIpc) is 3.36. The Morgan fingerprint density at radius 2 is 2.00 bits per heavy atom. The van der Waals surface area contributed by atoms with Crippen LogP contribution in [0.1, 0.15) is 76.5 Å². The van der Waals surface area contributed by atoms with Crippen molar-refractivity contribution in [3.8, 4) is 16.9 Å². The van der Waals surface area contributed by atoms with Gasteiger partial charge in [0.25, 0.3) is 0 Å². The first kappa shape index (κ1) is 31.2. The minimum Gasteiger partial charge on any atom is -0.388 e. The maximum atomic E-state index is 15.2. The predicted molar refractivity (Wildman–Crippen MR) is 175 cm³/mol. The second kappa shape index (κ2) is 13.6. The first-order valence-electron chi connectivity index (χ1n) is 15.0. The van der Waals surface area contributed by atoms with Gasteiger partial charge in [-0.25, -0.2) is 9.18 Å². The normalized spacial score (nSPS) is 17.7. The van der Waals surface area contributed by atoms with Gasteiger partial charge in [-0.1, -0.05) is 56.0 Å². The van der Waals surface area contributed by atoms with Gasteiger partial charge in [0.2, 0.25) is 0 Å². The van der Waals surface area contributed by atoms with Gasteiger partial charge in [0, 0.05) is 40.8 Å². The third kappa shape index (κ3) is 7.48. The van der Waals surface area contributed by atoms with Gasteiger partial charge in [0.05, 0.1) is 22.2 Å². The highest BCUT2D eigenvalue weighted by atomic mass is 35.5. The summed E-state index contributed by atoms with van der Waals surface area (Å²) in [4.78, 5) is 24.8. The zero-order valence-electron chi connectivity index (χ0n) is 24.9. The molecule has 4 N–H and O–H groups in total. The van der Waals surface area contributed by atoms with Gasteiger partial charge in [0.15, 0.2) is 5.82 Å². The second-order valence-corrected chi connectivity index (χ2v) is 12.8. The number of H-pyrrole nitrogens is 1. The number of fused-ring (bicyclic) bond motifs is 1. The van der Waals surface area contributed by atoms with E-state index in [1.165, 1.54) is 4.57 Å². The number of benzene rings is 2. The molecule has 2 aromatic carbocycles. The Hall–Kier alpha value is -3.20. The highest BCUT2D eigenvalue weighted by Gasteiger charge is 2.24. The molecular formula is C33H39Cl2FN6O. The van der Waals surface area contributed by atoms with Crippen LogP contribution >= 0.6 is 23.2 Å². The van der Waals surface area contributed by atoms with E-state index in [4.69, 9.17) is 28.9 Å². The average molecular weight is 626 g/mol. The van der Waals surface area contributed by atoms with Gasteiger partial charge in [-0.2, -0.15) is 4.98 Å². The first-order valence-corrected chi connectivity index (χ1v) is 15.8. The lowest BCUT2D eigenvalue weighted by molar-refractivity contribution is 0.315. The van der Waals surface area contributed by atoms with E-state index in [0.29, 0.717) is 57.3 Å². The molecule has 5 rings (SSSR count). The maximum absolute atomic E-state index is 15.2. The SMILES string of the molecule is CC(N)=NCC[C@@H]1CCC[C@@H](c2ccc(-n3cc4cc(-c5cc(CCCC(C)C)cc(Cl)c5F)[nH]c4nc3=O)cc2Cl)N1. The third-order valence-corrected chi connectivity index (χ3v) is 8.69. The van der Waals surface area contributed by atoms with Crippen LogP contribution in [0, 0.1) is 11.7 Å². The Labute approximate surface area is 261 Å². The van der Waals surface area contributed by atoms with Gasteiger partial charge in [-0.3, -0.25) is 9.56 Å². The molecule has 7 nitrogen and oxygen atoms in total. The molecule has 3 heterocycles. The fourth-order valence-electron chi connectivity index (χ4n) is 5.86. The molecule has 1 saturated heterocycles. The molecule has 0 aliphatic carbocycles. The van der Waals surface area contributed by atoms with Crippen molar-refractivity contribution in [3.63, 3.8) is 0 Å². The molecule has 2 atom stereocenters. The van der Waals surface area contributed by atoms with E-state index in [9.17, 15) is 4.79 Å². The Bertz CT molecular complexity index is 1690. The number of nitrogens with one attached hydrogen (secondary N) is 2. The molecule has 0 spiro atoms. The summed E-state index contributed by atoms with van der Waals surface area (Å²) in [7, 11) is 0. The van der Waals surface area contributed by atoms with Gasteiger partial charge in [0.1, 0.15) is 5.65 Å². The molecule has 10 heteroatoms. The zero-order valence-corrected chi connectivity index (χ0v) is 26.4. The fourth-order valence-corrected chi connectivity index (χ4v) is 6.41. The Morgan fingerprint density at radius 3 is 2.74 bits per heavy atom. The fraction of sp³-hybridized carbons (Fsp3) is 0.424. The van der Waals surface area contributed by atoms with Crippen molar-refractivity contribution in [3.05, 3.63) is 80.1 Å². The molecule has 1 fully saturated rings. The Kier molecular flexibility index (Phi) is 9.89. The van der Waals surface area contributed by atoms with Crippen LogP contribution in [0.4, 0.5) is 4.39 Å². The lowest BCUT2D eigenvalue weighted by atomic mass is 9.92. The van der Waals surface area contributed by atoms with Crippen molar-refractivity contribution in [1.29, 1.82) is 0 Å². The van der Waals surface area contributed by atoms with Crippen LogP contribution in [-0.2, 0) is 6.42 Å². The standard InChI is InChI=1S/C33H39Cl2FN6O/c1-19(2)6-4-7-21-14-26(31(36)28(35)15-21)30-16-22-18-42(33(43)41-32(22)40-30)24-10-11-25(27(34)17-24)29-9-5-8-23(39-29)12-13-38-20(3)37/h10-11,14-19,23,29,39H,4-9,12-13H2,1-3H3,(H2,37,38)(H,40,41,43)/t23-,29-/m0/s1. The molecule has 4 aromatic rings. The monoisotopic (exact) mass is 624 g/mol. The number of hydrogen-bond donors (Lipinski definition) is 3. The number of amidine groups is 1. The van der Waals surface area contributed by atoms with E-state index in [1.54, 1.807) is 31.3 Å². The summed E-state index contributed by atoms with van der Waals surface area (Å²) in [5.74, 6) is 0.699. The third-order valence-electron chi connectivity index (χ3n) is 8.09. The first-order chi connectivity index (χ1) is 20.6. The zero-order chi connectivity index (χ0) is 30.7. The van der Waals surface area contributed by atoms with Gasteiger partial charge < -0.3 is 16.0 Å². The van der Waals surface area contributed by atoms with E-state index in [0.717, 1.165) is 56.1 Å². The van der Waals surface area contributed by atoms with Crippen molar-refractivity contribution >= 4 is 40.1 Å². The van der Waals surface area contributed by atoms with Crippen LogP contribution in [0.3, 0.4) is 0 Å². The highest BCUT2D eigenvalue weighted by molar-refractivity contribution is 6.31. The molecule has 1 aliphatic heterocycles. The van der Waals surface area contributed by atoms with Crippen molar-refractivity contribution in [1.82, 2.24) is 19.9 Å². The summed E-state index contributed by atoms with van der Waals surface area (Å²) in [5, 5.41) is 5.04. The Morgan fingerprint density at radius 1 is 1.19 bits per heavy atom. The number of aryl methyl sites for hydroxylation is 1. The number of nitrogens with zero attached hydrogens (tertiary/aromatic N) is 3. The van der Waals surface area contributed by atoms with E-state index >= 15 is 4.39 Å². The molecule has 0 radical (unpaired) electrons. The van der Waals surface area contributed by atoms with Crippen LogP contribution in [0.25, 0.3) is 28.0 Å². The minimum atomic E-state index is -0.501. The topological polar surface area (TPSA) is 101 Å². The smallest absolute Gasteiger partial charge is 0.354 e. The molecule has 43 heavy (non-hydrogen) atoms. The van der Waals surface area contributed by atoms with E-state index in [2.05, 4.69) is 34.1 Å². The summed E-state index contributed by atoms with van der Waals surface area (Å²) in [6, 6.07) is 11.4. The number of hydrogen-bond acceptors (Lipinski definition) is 4. The number of aromatic nitrogens is 3. The lowest BCUT2D eigenvalue weighted by Gasteiger charge is -2.31. The summed E-state index contributed by atoms with van der Waals surface area (Å²) in [6.07, 6.45) is 8.67. The van der Waals surface area contributed by atoms with Gasteiger partial charge in [-0.05, 0) is 86.4 Å².